The summed E-state index contributed by atoms with van der Waals surface area (Å²) in [5, 5.41) is 0. The van der Waals surface area contributed by atoms with E-state index in [-0.39, 0.29) is 6.10 Å². The first-order valence-corrected chi connectivity index (χ1v) is 10.3. The van der Waals surface area contributed by atoms with E-state index < -0.39 is 8.80 Å². The highest BCUT2D eigenvalue weighted by atomic mass is 28.4. The summed E-state index contributed by atoms with van der Waals surface area (Å²) >= 11 is 0. The Kier molecular flexibility index (Phi) is 8.96. The van der Waals surface area contributed by atoms with Crippen molar-refractivity contribution in [2.45, 2.75) is 71.4 Å². The van der Waals surface area contributed by atoms with Crippen molar-refractivity contribution in [2.24, 2.45) is 11.7 Å². The molecule has 1 saturated carbocycles. The molecule has 0 aromatic carbocycles. The highest BCUT2D eigenvalue weighted by molar-refractivity contribution is 6.60. The lowest BCUT2D eigenvalue weighted by Crippen LogP contribution is -2.49. The van der Waals surface area contributed by atoms with Crippen LogP contribution in [0.3, 0.4) is 0 Å². The number of hydrogen-bond donors (Lipinski definition) is 1. The number of hydrogen-bond acceptors (Lipinski definition) is 4. The Morgan fingerprint density at radius 2 is 1.70 bits per heavy atom. The zero-order valence-electron chi connectivity index (χ0n) is 13.5. The van der Waals surface area contributed by atoms with Crippen molar-refractivity contribution >= 4 is 8.80 Å². The number of nitrogens with two attached hydrogens (primary N) is 1. The van der Waals surface area contributed by atoms with Crippen LogP contribution in [0.4, 0.5) is 0 Å². The summed E-state index contributed by atoms with van der Waals surface area (Å²) in [6, 6.07) is 0.836. The summed E-state index contributed by atoms with van der Waals surface area (Å²) in [7, 11) is -2.54. The van der Waals surface area contributed by atoms with E-state index in [0.29, 0.717) is 25.7 Å². The van der Waals surface area contributed by atoms with Crippen molar-refractivity contribution in [1.82, 2.24) is 0 Å². The molecule has 2 N–H and O–H groups in total. The van der Waals surface area contributed by atoms with Gasteiger partial charge in [-0.2, -0.15) is 0 Å². The minimum atomic E-state index is -2.54. The van der Waals surface area contributed by atoms with Gasteiger partial charge in [-0.15, -0.1) is 0 Å². The van der Waals surface area contributed by atoms with Gasteiger partial charge in [0.25, 0.3) is 0 Å². The first kappa shape index (κ1) is 18.1. The van der Waals surface area contributed by atoms with Gasteiger partial charge in [0, 0.05) is 25.4 Å². The lowest BCUT2D eigenvalue weighted by atomic mass is 9.86. The Balaban J connectivity index is 2.63. The molecule has 0 amide bonds. The van der Waals surface area contributed by atoms with Gasteiger partial charge in [-0.1, -0.05) is 19.3 Å². The Morgan fingerprint density at radius 3 is 2.20 bits per heavy atom. The lowest BCUT2D eigenvalue weighted by molar-refractivity contribution is 0.00919. The third-order valence-corrected chi connectivity index (χ3v) is 7.25. The maximum absolute atomic E-state index is 6.40. The molecule has 0 aromatic heterocycles. The fourth-order valence-corrected chi connectivity index (χ4v) is 5.96. The van der Waals surface area contributed by atoms with Crippen LogP contribution >= 0.6 is 0 Å². The minimum Gasteiger partial charge on any atom is -0.374 e. The Bertz CT molecular complexity index is 241. The molecule has 4 nitrogen and oxygen atoms in total. The second-order valence-electron chi connectivity index (χ2n) is 5.66. The van der Waals surface area contributed by atoms with Gasteiger partial charge in [-0.05, 0) is 52.5 Å². The van der Waals surface area contributed by atoms with E-state index in [0.717, 1.165) is 12.5 Å². The fourth-order valence-electron chi connectivity index (χ4n) is 3.05. The normalized spacial score (nSPS) is 19.2. The maximum atomic E-state index is 6.40. The number of rotatable bonds is 10. The van der Waals surface area contributed by atoms with E-state index in [2.05, 4.69) is 6.92 Å². The predicted molar refractivity (Wildman–Crippen MR) is 84.6 cm³/mol. The van der Waals surface area contributed by atoms with E-state index in [9.17, 15) is 0 Å². The van der Waals surface area contributed by atoms with Crippen LogP contribution in [0.1, 0.15) is 59.3 Å². The highest BCUT2D eigenvalue weighted by Gasteiger charge is 2.42. The summed E-state index contributed by atoms with van der Waals surface area (Å²) in [6.45, 7) is 8.17. The van der Waals surface area contributed by atoms with E-state index in [1.54, 1.807) is 0 Å². The van der Waals surface area contributed by atoms with E-state index in [1.807, 2.05) is 13.8 Å². The molecule has 1 aliphatic carbocycles. The summed E-state index contributed by atoms with van der Waals surface area (Å²) < 4.78 is 18.3. The SMILES string of the molecule is CCO[Si](CCCN)(OCC)OC(C)C1CCCCC1. The standard InChI is InChI=1S/C15H33NO3Si/c1-4-17-20(18-5-2,13-9-12-16)19-14(3)15-10-7-6-8-11-15/h14-15H,4-13,16H2,1-3H3. The van der Waals surface area contributed by atoms with E-state index in [1.165, 1.54) is 32.1 Å². The van der Waals surface area contributed by atoms with E-state index in [4.69, 9.17) is 19.0 Å². The zero-order valence-corrected chi connectivity index (χ0v) is 14.5. The molecule has 0 bridgehead atoms. The van der Waals surface area contributed by atoms with Crippen LogP contribution in [0.2, 0.25) is 6.04 Å². The van der Waals surface area contributed by atoms with Crippen LogP contribution in [0.25, 0.3) is 0 Å². The van der Waals surface area contributed by atoms with Gasteiger partial charge >= 0.3 is 8.80 Å². The minimum absolute atomic E-state index is 0.234. The second-order valence-corrected chi connectivity index (χ2v) is 8.34. The van der Waals surface area contributed by atoms with E-state index >= 15 is 0 Å². The molecule has 1 aliphatic rings. The van der Waals surface area contributed by atoms with Crippen molar-refractivity contribution in [1.29, 1.82) is 0 Å². The monoisotopic (exact) mass is 303 g/mol. The molecule has 0 saturated heterocycles. The summed E-state index contributed by atoms with van der Waals surface area (Å²) in [5.41, 5.74) is 5.66. The van der Waals surface area contributed by atoms with Crippen LogP contribution in [0.5, 0.6) is 0 Å². The molecular weight excluding hydrogens is 270 g/mol. The molecule has 0 radical (unpaired) electrons. The first-order valence-electron chi connectivity index (χ1n) is 8.33. The third-order valence-electron chi connectivity index (χ3n) is 4.09. The van der Waals surface area contributed by atoms with Crippen molar-refractivity contribution in [3.05, 3.63) is 0 Å². The van der Waals surface area contributed by atoms with Gasteiger partial charge < -0.3 is 19.0 Å². The van der Waals surface area contributed by atoms with Crippen molar-refractivity contribution in [2.75, 3.05) is 19.8 Å². The fraction of sp³-hybridized carbons (Fsp3) is 1.00. The topological polar surface area (TPSA) is 53.7 Å². The molecule has 5 heteroatoms. The molecule has 1 unspecified atom stereocenters. The van der Waals surface area contributed by atoms with Gasteiger partial charge in [0.05, 0.1) is 0 Å². The molecule has 0 spiro atoms. The molecule has 0 aromatic rings. The van der Waals surface area contributed by atoms with Crippen molar-refractivity contribution in [3.8, 4) is 0 Å². The van der Waals surface area contributed by atoms with Crippen molar-refractivity contribution in [3.63, 3.8) is 0 Å². The average Bonchev–Trinajstić information content (AvgIpc) is 2.46. The Hall–Kier alpha value is 0.0569. The summed E-state index contributed by atoms with van der Waals surface area (Å²) in [4.78, 5) is 0. The van der Waals surface area contributed by atoms with Gasteiger partial charge in [0.1, 0.15) is 0 Å². The second kappa shape index (κ2) is 9.90. The Morgan fingerprint density at radius 1 is 1.10 bits per heavy atom. The average molecular weight is 304 g/mol. The quantitative estimate of drug-likeness (QED) is 0.629. The molecule has 120 valence electrons. The Labute approximate surface area is 125 Å². The molecule has 1 fully saturated rings. The van der Waals surface area contributed by atoms with Crippen LogP contribution in [0.15, 0.2) is 0 Å². The first-order chi connectivity index (χ1) is 9.67. The summed E-state index contributed by atoms with van der Waals surface area (Å²) in [5.74, 6) is 0.661. The molecule has 20 heavy (non-hydrogen) atoms. The van der Waals surface area contributed by atoms with Crippen LogP contribution in [-0.4, -0.2) is 34.7 Å². The molecule has 1 rings (SSSR count). The van der Waals surface area contributed by atoms with Gasteiger partial charge in [-0.25, -0.2) is 0 Å². The van der Waals surface area contributed by atoms with Crippen LogP contribution in [0, 0.1) is 5.92 Å². The molecule has 1 atom stereocenters. The highest BCUT2D eigenvalue weighted by Crippen LogP contribution is 2.31. The zero-order chi connectivity index (χ0) is 14.8. The summed E-state index contributed by atoms with van der Waals surface area (Å²) in [6.07, 6.45) is 7.73. The van der Waals surface area contributed by atoms with Gasteiger partial charge in [-0.3, -0.25) is 0 Å². The van der Waals surface area contributed by atoms with Gasteiger partial charge in [0.2, 0.25) is 0 Å². The largest absolute Gasteiger partial charge is 0.501 e. The van der Waals surface area contributed by atoms with Crippen molar-refractivity contribution < 1.29 is 13.3 Å². The lowest BCUT2D eigenvalue weighted by Gasteiger charge is -2.36. The maximum Gasteiger partial charge on any atom is 0.501 e. The van der Waals surface area contributed by atoms with Crippen LogP contribution < -0.4 is 5.73 Å². The third kappa shape index (κ3) is 5.82. The van der Waals surface area contributed by atoms with Crippen LogP contribution in [-0.2, 0) is 13.3 Å². The molecule has 0 heterocycles. The predicted octanol–water partition coefficient (Wildman–Crippen LogP) is 3.33. The molecular formula is C15H33NO3Si. The molecule has 0 aliphatic heterocycles. The smallest absolute Gasteiger partial charge is 0.374 e. The van der Waals surface area contributed by atoms with Gasteiger partial charge in [0.15, 0.2) is 0 Å².